The van der Waals surface area contributed by atoms with Crippen LogP contribution in [-0.2, 0) is 4.74 Å². The first-order chi connectivity index (χ1) is 14.0. The number of benzene rings is 1. The van der Waals surface area contributed by atoms with Crippen molar-refractivity contribution in [3.05, 3.63) is 47.9 Å². The maximum absolute atomic E-state index is 12.5. The average molecular weight is 397 g/mol. The minimum absolute atomic E-state index is 0.0358. The van der Waals surface area contributed by atoms with Gasteiger partial charge in [0.15, 0.2) is 5.78 Å². The lowest BCUT2D eigenvalue weighted by molar-refractivity contribution is 0.101. The van der Waals surface area contributed by atoms with Gasteiger partial charge in [-0.1, -0.05) is 0 Å². The molecule has 1 fully saturated rings. The maximum Gasteiger partial charge on any atom is 0.409 e. The Morgan fingerprint density at radius 1 is 1.07 bits per heavy atom. The van der Waals surface area contributed by atoms with E-state index in [-0.39, 0.29) is 23.5 Å². The molecule has 1 N–H and O–H groups in total. The van der Waals surface area contributed by atoms with E-state index in [0.717, 1.165) is 0 Å². The molecule has 9 nitrogen and oxygen atoms in total. The van der Waals surface area contributed by atoms with Crippen LogP contribution >= 0.6 is 0 Å². The number of carbonyl (C=O) groups excluding carboxylic acids is 3. The lowest BCUT2D eigenvalue weighted by Crippen LogP contribution is -2.49. The van der Waals surface area contributed by atoms with Crippen LogP contribution in [0.4, 0.5) is 16.3 Å². The van der Waals surface area contributed by atoms with E-state index in [1.165, 1.54) is 13.3 Å². The summed E-state index contributed by atoms with van der Waals surface area (Å²) in [5, 5.41) is 2.76. The molecule has 2 heterocycles. The van der Waals surface area contributed by atoms with Crippen molar-refractivity contribution in [1.29, 1.82) is 0 Å². The molecular weight excluding hydrogens is 374 g/mol. The molecule has 2 amide bonds. The van der Waals surface area contributed by atoms with Gasteiger partial charge < -0.3 is 19.9 Å². The molecule has 0 saturated carbocycles. The number of Topliss-reactive ketones (excluding diaryl/α,β-unsaturated/α-hetero) is 1. The second-order valence-corrected chi connectivity index (χ2v) is 6.52. The number of carbonyl (C=O) groups is 3. The Hall–Kier alpha value is -3.49. The average Bonchev–Trinajstić information content (AvgIpc) is 2.74. The SMILES string of the molecule is CCOC(=O)N1CCN(c2cc(C(=O)Nc3ccc(C(C)=O)cc3)ncn2)CC1. The van der Waals surface area contributed by atoms with Gasteiger partial charge in [0, 0.05) is 43.5 Å². The van der Waals surface area contributed by atoms with Gasteiger partial charge in [-0.05, 0) is 38.1 Å². The Bertz CT molecular complexity index is 892. The third-order valence-corrected chi connectivity index (χ3v) is 4.56. The first-order valence-corrected chi connectivity index (χ1v) is 9.39. The molecule has 0 unspecified atom stereocenters. The van der Waals surface area contributed by atoms with Gasteiger partial charge >= 0.3 is 6.09 Å². The van der Waals surface area contributed by atoms with Crippen LogP contribution in [0.2, 0.25) is 0 Å². The Morgan fingerprint density at radius 3 is 2.38 bits per heavy atom. The van der Waals surface area contributed by atoms with Crippen LogP contribution in [0.25, 0.3) is 0 Å². The number of ketones is 1. The van der Waals surface area contributed by atoms with Gasteiger partial charge in [-0.2, -0.15) is 0 Å². The van der Waals surface area contributed by atoms with Crippen molar-refractivity contribution in [3.8, 4) is 0 Å². The third kappa shape index (κ3) is 5.07. The number of hydrogen-bond donors (Lipinski definition) is 1. The summed E-state index contributed by atoms with van der Waals surface area (Å²) in [6.45, 7) is 5.83. The van der Waals surface area contributed by atoms with Crippen molar-refractivity contribution in [3.63, 3.8) is 0 Å². The number of nitrogens with one attached hydrogen (secondary N) is 1. The van der Waals surface area contributed by atoms with Crippen LogP contribution in [0.5, 0.6) is 0 Å². The number of piperazine rings is 1. The van der Waals surface area contributed by atoms with Gasteiger partial charge in [0.2, 0.25) is 0 Å². The maximum atomic E-state index is 12.5. The summed E-state index contributed by atoms with van der Waals surface area (Å²) in [6.07, 6.45) is 1.03. The van der Waals surface area contributed by atoms with Gasteiger partial charge in [-0.15, -0.1) is 0 Å². The van der Waals surface area contributed by atoms with Crippen LogP contribution in [0.15, 0.2) is 36.7 Å². The van der Waals surface area contributed by atoms with E-state index in [1.807, 2.05) is 4.90 Å². The van der Waals surface area contributed by atoms with Crippen molar-refractivity contribution in [2.45, 2.75) is 13.8 Å². The van der Waals surface area contributed by atoms with Crippen LogP contribution in [0.1, 0.15) is 34.7 Å². The van der Waals surface area contributed by atoms with Crippen molar-refractivity contribution < 1.29 is 19.1 Å². The zero-order valence-electron chi connectivity index (χ0n) is 16.4. The summed E-state index contributed by atoms with van der Waals surface area (Å²) in [5.41, 5.74) is 1.39. The number of ether oxygens (including phenoxy) is 1. The Labute approximate surface area is 168 Å². The third-order valence-electron chi connectivity index (χ3n) is 4.56. The van der Waals surface area contributed by atoms with E-state index >= 15 is 0 Å². The fourth-order valence-corrected chi connectivity index (χ4v) is 2.96. The largest absolute Gasteiger partial charge is 0.450 e. The highest BCUT2D eigenvalue weighted by atomic mass is 16.6. The molecule has 0 spiro atoms. The van der Waals surface area contributed by atoms with E-state index in [9.17, 15) is 14.4 Å². The van der Waals surface area contributed by atoms with E-state index in [1.54, 1.807) is 42.2 Å². The summed E-state index contributed by atoms with van der Waals surface area (Å²) in [6, 6.07) is 8.29. The molecule has 1 saturated heterocycles. The highest BCUT2D eigenvalue weighted by Crippen LogP contribution is 2.16. The zero-order chi connectivity index (χ0) is 20.8. The molecule has 0 atom stereocenters. The summed E-state index contributed by atoms with van der Waals surface area (Å²) in [4.78, 5) is 47.6. The zero-order valence-corrected chi connectivity index (χ0v) is 16.4. The number of anilines is 2. The predicted molar refractivity (Wildman–Crippen MR) is 107 cm³/mol. The van der Waals surface area contributed by atoms with E-state index < -0.39 is 0 Å². The number of nitrogens with zero attached hydrogens (tertiary/aromatic N) is 4. The molecule has 0 bridgehead atoms. The molecule has 1 aliphatic heterocycles. The first-order valence-electron chi connectivity index (χ1n) is 9.39. The molecule has 3 rings (SSSR count). The molecule has 29 heavy (non-hydrogen) atoms. The number of rotatable bonds is 5. The molecule has 152 valence electrons. The lowest BCUT2D eigenvalue weighted by atomic mass is 10.1. The number of amides is 2. The molecule has 1 aromatic carbocycles. The Kier molecular flexibility index (Phi) is 6.38. The Balaban J connectivity index is 1.62. The van der Waals surface area contributed by atoms with E-state index in [2.05, 4.69) is 15.3 Å². The minimum Gasteiger partial charge on any atom is -0.450 e. The van der Waals surface area contributed by atoms with Gasteiger partial charge in [0.25, 0.3) is 5.91 Å². The molecule has 1 aromatic heterocycles. The quantitative estimate of drug-likeness (QED) is 0.771. The van der Waals surface area contributed by atoms with Crippen LogP contribution in [0.3, 0.4) is 0 Å². The summed E-state index contributed by atoms with van der Waals surface area (Å²) >= 11 is 0. The molecule has 2 aromatic rings. The predicted octanol–water partition coefficient (Wildman–Crippen LogP) is 2.21. The summed E-state index contributed by atoms with van der Waals surface area (Å²) in [7, 11) is 0. The highest BCUT2D eigenvalue weighted by Gasteiger charge is 2.23. The smallest absolute Gasteiger partial charge is 0.409 e. The summed E-state index contributed by atoms with van der Waals surface area (Å²) in [5.74, 6) is 0.223. The molecule has 9 heteroatoms. The molecule has 1 aliphatic rings. The van der Waals surface area contributed by atoms with Crippen LogP contribution in [-0.4, -0.2) is 65.4 Å². The normalized spacial score (nSPS) is 13.7. The monoisotopic (exact) mass is 397 g/mol. The summed E-state index contributed by atoms with van der Waals surface area (Å²) < 4.78 is 5.02. The Morgan fingerprint density at radius 2 is 1.76 bits per heavy atom. The van der Waals surface area contributed by atoms with Crippen LogP contribution < -0.4 is 10.2 Å². The second-order valence-electron chi connectivity index (χ2n) is 6.52. The fraction of sp³-hybridized carbons (Fsp3) is 0.350. The topological polar surface area (TPSA) is 105 Å². The fourth-order valence-electron chi connectivity index (χ4n) is 2.96. The van der Waals surface area contributed by atoms with Crippen molar-refractivity contribution in [2.24, 2.45) is 0 Å². The van der Waals surface area contributed by atoms with Gasteiger partial charge in [0.05, 0.1) is 6.61 Å². The van der Waals surface area contributed by atoms with E-state index in [0.29, 0.717) is 49.9 Å². The van der Waals surface area contributed by atoms with Gasteiger partial charge in [-0.25, -0.2) is 14.8 Å². The standard InChI is InChI=1S/C20H23N5O4/c1-3-29-20(28)25-10-8-24(9-11-25)18-12-17(21-13-22-18)19(27)23-16-6-4-15(5-7-16)14(2)26/h4-7,12-13H,3,8-11H2,1-2H3,(H,23,27). The second kappa shape index (κ2) is 9.13. The lowest BCUT2D eigenvalue weighted by Gasteiger charge is -2.34. The highest BCUT2D eigenvalue weighted by molar-refractivity contribution is 6.03. The van der Waals surface area contributed by atoms with Crippen LogP contribution in [0, 0.1) is 0 Å². The van der Waals surface area contributed by atoms with Crippen molar-refractivity contribution >= 4 is 29.3 Å². The first kappa shape index (κ1) is 20.2. The van der Waals surface area contributed by atoms with Crippen molar-refractivity contribution in [2.75, 3.05) is 43.0 Å². The molecule has 0 radical (unpaired) electrons. The minimum atomic E-state index is -0.366. The van der Waals surface area contributed by atoms with Gasteiger partial charge in [0.1, 0.15) is 17.8 Å². The number of hydrogen-bond acceptors (Lipinski definition) is 7. The van der Waals surface area contributed by atoms with E-state index in [4.69, 9.17) is 4.74 Å². The van der Waals surface area contributed by atoms with Gasteiger partial charge in [-0.3, -0.25) is 9.59 Å². The molecule has 0 aliphatic carbocycles. The number of aromatic nitrogens is 2. The van der Waals surface area contributed by atoms with Crippen molar-refractivity contribution in [1.82, 2.24) is 14.9 Å². The molecular formula is C20H23N5O4.